The molecule has 0 aromatic heterocycles. The van der Waals surface area contributed by atoms with Crippen LogP contribution in [0.15, 0.2) is 30.3 Å². The van der Waals surface area contributed by atoms with Crippen molar-refractivity contribution in [1.82, 2.24) is 0 Å². The number of carbonyl (C=O) groups excluding carboxylic acids is 1. The summed E-state index contributed by atoms with van der Waals surface area (Å²) in [5.74, 6) is -0.349. The second-order valence-corrected chi connectivity index (χ2v) is 5.37. The zero-order valence-corrected chi connectivity index (χ0v) is 11.3. The van der Waals surface area contributed by atoms with Gasteiger partial charge in [-0.2, -0.15) is 0 Å². The van der Waals surface area contributed by atoms with Crippen molar-refractivity contribution in [3.63, 3.8) is 0 Å². The summed E-state index contributed by atoms with van der Waals surface area (Å²) in [6.45, 7) is 5.27. The molecule has 0 bridgehead atoms. The molecule has 1 aromatic rings. The van der Waals surface area contributed by atoms with Gasteiger partial charge in [0.25, 0.3) is 0 Å². The van der Waals surface area contributed by atoms with Crippen molar-refractivity contribution in [3.8, 4) is 0 Å². The molecule has 0 saturated carbocycles. The lowest BCUT2D eigenvalue weighted by Gasteiger charge is -2.38. The predicted octanol–water partition coefficient (Wildman–Crippen LogP) is 3.25. The fourth-order valence-corrected chi connectivity index (χ4v) is 1.58. The van der Waals surface area contributed by atoms with Gasteiger partial charge in [-0.05, 0) is 32.9 Å². The lowest BCUT2D eigenvalue weighted by Crippen LogP contribution is -2.49. The van der Waals surface area contributed by atoms with Gasteiger partial charge in [-0.1, -0.05) is 29.8 Å². The van der Waals surface area contributed by atoms with Crippen LogP contribution < -0.4 is 5.32 Å². The van der Waals surface area contributed by atoms with E-state index in [1.165, 1.54) is 7.11 Å². The third-order valence-electron chi connectivity index (χ3n) is 3.02. The molecule has 94 valence electrons. The first-order valence-corrected chi connectivity index (χ1v) is 5.79. The molecule has 0 fully saturated rings. The number of rotatable bonds is 4. The largest absolute Gasteiger partial charge is 0.469 e. The van der Waals surface area contributed by atoms with Crippen molar-refractivity contribution in [3.05, 3.63) is 30.3 Å². The van der Waals surface area contributed by atoms with Crippen LogP contribution in [-0.4, -0.2) is 18.1 Å². The quantitative estimate of drug-likeness (QED) is 0.510. The zero-order valence-electron chi connectivity index (χ0n) is 10.6. The van der Waals surface area contributed by atoms with Crippen LogP contribution in [0.2, 0.25) is 0 Å². The number of esters is 1. The van der Waals surface area contributed by atoms with Crippen LogP contribution in [0.3, 0.4) is 0 Å². The average molecular weight is 256 g/mol. The first-order chi connectivity index (χ1) is 7.81. The van der Waals surface area contributed by atoms with Gasteiger partial charge in [-0.25, -0.2) is 0 Å². The number of halogens is 1. The first kappa shape index (κ1) is 13.8. The molecule has 0 saturated heterocycles. The summed E-state index contributed by atoms with van der Waals surface area (Å²) in [5.41, 5.74) is 0.0149. The SMILES string of the molecule is COC(=O)C(C)(C)C(C)(Cl)Nc1ccccc1. The standard InChI is InChI=1S/C13H18ClNO2/c1-12(2,11(16)17-4)13(3,14)15-10-8-6-5-7-9-10/h5-9,15H,1-4H3. The number of nitrogens with one attached hydrogen (secondary N) is 1. The average Bonchev–Trinajstić information content (AvgIpc) is 2.28. The summed E-state index contributed by atoms with van der Waals surface area (Å²) >= 11 is 6.42. The van der Waals surface area contributed by atoms with E-state index < -0.39 is 10.4 Å². The number of para-hydroxylation sites is 1. The van der Waals surface area contributed by atoms with Crippen molar-refractivity contribution >= 4 is 23.3 Å². The molecular formula is C13H18ClNO2. The number of hydrogen-bond donors (Lipinski definition) is 1. The van der Waals surface area contributed by atoms with Crippen LogP contribution >= 0.6 is 11.6 Å². The molecule has 0 spiro atoms. The number of hydrogen-bond acceptors (Lipinski definition) is 3. The van der Waals surface area contributed by atoms with Crippen molar-refractivity contribution in [2.24, 2.45) is 5.41 Å². The number of methoxy groups -OCH3 is 1. The fraction of sp³-hybridized carbons (Fsp3) is 0.462. The Morgan fingerprint density at radius 3 is 2.24 bits per heavy atom. The topological polar surface area (TPSA) is 38.3 Å². The van der Waals surface area contributed by atoms with Gasteiger partial charge in [-0.3, -0.25) is 4.79 Å². The van der Waals surface area contributed by atoms with Gasteiger partial charge in [-0.15, -0.1) is 0 Å². The smallest absolute Gasteiger partial charge is 0.314 e. The van der Waals surface area contributed by atoms with Crippen molar-refractivity contribution < 1.29 is 9.53 Å². The Morgan fingerprint density at radius 2 is 1.76 bits per heavy atom. The molecule has 0 amide bonds. The molecule has 4 heteroatoms. The maximum absolute atomic E-state index is 11.7. The number of carbonyl (C=O) groups is 1. The minimum absolute atomic E-state index is 0.349. The molecule has 0 aliphatic rings. The van der Waals surface area contributed by atoms with Gasteiger partial charge in [0, 0.05) is 5.69 Å². The van der Waals surface area contributed by atoms with E-state index >= 15 is 0 Å². The molecule has 1 N–H and O–H groups in total. The Balaban J connectivity index is 2.92. The second-order valence-electron chi connectivity index (χ2n) is 4.61. The summed E-state index contributed by atoms with van der Waals surface area (Å²) in [6.07, 6.45) is 0. The molecular weight excluding hydrogens is 238 g/mol. The molecule has 1 aromatic carbocycles. The highest BCUT2D eigenvalue weighted by molar-refractivity contribution is 6.26. The van der Waals surface area contributed by atoms with E-state index in [1.807, 2.05) is 30.3 Å². The highest BCUT2D eigenvalue weighted by atomic mass is 35.5. The number of benzene rings is 1. The molecule has 1 atom stereocenters. The Kier molecular flexibility index (Phi) is 4.04. The van der Waals surface area contributed by atoms with Crippen LogP contribution in [0.25, 0.3) is 0 Å². The molecule has 0 aliphatic heterocycles. The van der Waals surface area contributed by atoms with Crippen molar-refractivity contribution in [1.29, 1.82) is 0 Å². The van der Waals surface area contributed by atoms with Gasteiger partial charge in [0.1, 0.15) is 5.00 Å². The first-order valence-electron chi connectivity index (χ1n) is 5.42. The normalized spacial score (nSPS) is 14.9. The molecule has 0 radical (unpaired) electrons. The van der Waals surface area contributed by atoms with Crippen LogP contribution in [0.1, 0.15) is 20.8 Å². The van der Waals surface area contributed by atoms with Gasteiger partial charge in [0.15, 0.2) is 0 Å². The van der Waals surface area contributed by atoms with E-state index in [4.69, 9.17) is 16.3 Å². The molecule has 0 aliphatic carbocycles. The summed E-state index contributed by atoms with van der Waals surface area (Å²) in [7, 11) is 1.36. The Bertz CT molecular complexity index is 388. The van der Waals surface area contributed by atoms with E-state index in [0.717, 1.165) is 5.69 Å². The summed E-state index contributed by atoms with van der Waals surface area (Å²) in [6, 6.07) is 9.52. The van der Waals surface area contributed by atoms with Gasteiger partial charge in [0.2, 0.25) is 0 Å². The summed E-state index contributed by atoms with van der Waals surface area (Å²) in [5, 5.41) is 3.14. The second kappa shape index (κ2) is 4.96. The van der Waals surface area contributed by atoms with Crippen molar-refractivity contribution in [2.75, 3.05) is 12.4 Å². The number of alkyl halides is 1. The van der Waals surface area contributed by atoms with E-state index in [-0.39, 0.29) is 5.97 Å². The summed E-state index contributed by atoms with van der Waals surface area (Å²) in [4.78, 5) is 10.8. The third kappa shape index (κ3) is 2.91. The number of anilines is 1. The number of ether oxygens (including phenoxy) is 1. The Labute approximate surface area is 107 Å². The molecule has 17 heavy (non-hydrogen) atoms. The molecule has 1 rings (SSSR count). The van der Waals surface area contributed by atoms with E-state index in [2.05, 4.69) is 5.32 Å². The maximum atomic E-state index is 11.7. The van der Waals surface area contributed by atoms with Crippen LogP contribution in [-0.2, 0) is 9.53 Å². The van der Waals surface area contributed by atoms with Crippen molar-refractivity contribution in [2.45, 2.75) is 25.8 Å². The van der Waals surface area contributed by atoms with E-state index in [1.54, 1.807) is 20.8 Å². The molecule has 3 nitrogen and oxygen atoms in total. The van der Waals surface area contributed by atoms with Crippen LogP contribution in [0, 0.1) is 5.41 Å². The van der Waals surface area contributed by atoms with Gasteiger partial charge < -0.3 is 10.1 Å². The van der Waals surface area contributed by atoms with Gasteiger partial charge >= 0.3 is 5.97 Å². The Morgan fingerprint density at radius 1 is 1.24 bits per heavy atom. The monoisotopic (exact) mass is 255 g/mol. The minimum Gasteiger partial charge on any atom is -0.469 e. The Hall–Kier alpha value is -1.22. The lowest BCUT2D eigenvalue weighted by molar-refractivity contribution is -0.152. The third-order valence-corrected chi connectivity index (χ3v) is 3.59. The van der Waals surface area contributed by atoms with Gasteiger partial charge in [0.05, 0.1) is 12.5 Å². The highest BCUT2D eigenvalue weighted by Gasteiger charge is 2.46. The fourth-order valence-electron chi connectivity index (χ4n) is 1.40. The minimum atomic E-state index is -0.929. The zero-order chi connectivity index (χ0) is 13.1. The molecule has 0 heterocycles. The summed E-state index contributed by atoms with van der Waals surface area (Å²) < 4.78 is 4.78. The lowest BCUT2D eigenvalue weighted by atomic mass is 9.84. The van der Waals surface area contributed by atoms with Crippen LogP contribution in [0.5, 0.6) is 0 Å². The van der Waals surface area contributed by atoms with E-state index in [0.29, 0.717) is 0 Å². The highest BCUT2D eigenvalue weighted by Crippen LogP contribution is 2.38. The molecule has 1 unspecified atom stereocenters. The van der Waals surface area contributed by atoms with E-state index in [9.17, 15) is 4.79 Å². The van der Waals surface area contributed by atoms with Crippen LogP contribution in [0.4, 0.5) is 5.69 Å². The predicted molar refractivity (Wildman–Crippen MR) is 70.1 cm³/mol. The maximum Gasteiger partial charge on any atom is 0.314 e.